The molecule has 1 fully saturated rings. The van der Waals surface area contributed by atoms with Crippen LogP contribution in [0.5, 0.6) is 0 Å². The number of hydrazone groups is 1. The van der Waals surface area contributed by atoms with Gasteiger partial charge in [0.2, 0.25) is 11.8 Å². The number of hydrogen-bond acceptors (Lipinski definition) is 7. The zero-order valence-corrected chi connectivity index (χ0v) is 22.6. The third-order valence-corrected chi connectivity index (χ3v) is 6.53. The number of nitrogens with two attached hydrogens (primary N) is 2. The van der Waals surface area contributed by atoms with Crippen LogP contribution >= 0.6 is 11.6 Å². The van der Waals surface area contributed by atoms with E-state index in [0.717, 1.165) is 24.3 Å². The predicted octanol–water partition coefficient (Wildman–Crippen LogP) is 3.14. The molecule has 1 aliphatic heterocycles. The van der Waals surface area contributed by atoms with Gasteiger partial charge in [0.25, 0.3) is 0 Å². The van der Waals surface area contributed by atoms with E-state index < -0.39 is 11.9 Å². The van der Waals surface area contributed by atoms with Crippen LogP contribution in [0.3, 0.4) is 0 Å². The number of ether oxygens (including phenoxy) is 1. The first-order chi connectivity index (χ1) is 19.4. The summed E-state index contributed by atoms with van der Waals surface area (Å²) >= 11 is 6.15. The van der Waals surface area contributed by atoms with E-state index in [0.29, 0.717) is 41.6 Å². The molecule has 1 aliphatic rings. The number of nitrogens with zero attached hydrogens (tertiary/aromatic N) is 3. The molecule has 0 unspecified atom stereocenters. The smallest absolute Gasteiger partial charge is 0.247 e. The lowest BCUT2D eigenvalue weighted by Gasteiger charge is -2.29. The number of anilines is 3. The molecule has 0 spiro atoms. The van der Waals surface area contributed by atoms with Gasteiger partial charge in [-0.15, -0.1) is 0 Å². The summed E-state index contributed by atoms with van der Waals surface area (Å²) in [6, 6.07) is 21.3. The maximum Gasteiger partial charge on any atom is 0.247 e. The average molecular weight is 562 g/mol. The Morgan fingerprint density at radius 2 is 1.80 bits per heavy atom. The second kappa shape index (κ2) is 14.1. The second-order valence-corrected chi connectivity index (χ2v) is 9.53. The molecular weight excluding hydrogens is 530 g/mol. The van der Waals surface area contributed by atoms with E-state index in [-0.39, 0.29) is 5.91 Å². The molecule has 40 heavy (non-hydrogen) atoms. The van der Waals surface area contributed by atoms with E-state index >= 15 is 0 Å². The van der Waals surface area contributed by atoms with Crippen molar-refractivity contribution in [3.63, 3.8) is 0 Å². The standard InChI is InChI=1S/C29H32ClN7O3/c30-23-7-12-27(37(32)20-33-31)22(19-23)6-13-28(38)35-26(18-21-4-2-1-3-5-21)29(39)34-24-8-10-25(11-9-24)36-14-16-40-17-15-36/h1-13,19-20,26H,14-18,31-32H2,(H,34,39)(H,35,38)/b13-6+,33-20-/t26-/m0/s1. The highest BCUT2D eigenvalue weighted by Gasteiger charge is 2.21. The lowest BCUT2D eigenvalue weighted by molar-refractivity contribution is -0.123. The van der Waals surface area contributed by atoms with Gasteiger partial charge in [-0.2, -0.15) is 5.10 Å². The lowest BCUT2D eigenvalue weighted by atomic mass is 10.0. The van der Waals surface area contributed by atoms with Crippen LogP contribution < -0.4 is 32.2 Å². The highest BCUT2D eigenvalue weighted by atomic mass is 35.5. The van der Waals surface area contributed by atoms with Crippen molar-refractivity contribution >= 4 is 52.9 Å². The van der Waals surface area contributed by atoms with Gasteiger partial charge in [0.15, 0.2) is 0 Å². The van der Waals surface area contributed by atoms with Gasteiger partial charge >= 0.3 is 0 Å². The van der Waals surface area contributed by atoms with Crippen LogP contribution in [0.4, 0.5) is 17.1 Å². The summed E-state index contributed by atoms with van der Waals surface area (Å²) in [5.41, 5.74) is 3.70. The summed E-state index contributed by atoms with van der Waals surface area (Å²) in [5.74, 6) is 10.4. The van der Waals surface area contributed by atoms with Crippen LogP contribution in [-0.4, -0.2) is 50.5 Å². The highest BCUT2D eigenvalue weighted by molar-refractivity contribution is 6.30. The second-order valence-electron chi connectivity index (χ2n) is 9.09. The van der Waals surface area contributed by atoms with Gasteiger partial charge in [-0.25, -0.2) is 5.84 Å². The number of carbonyl (C=O) groups is 2. The molecule has 2 amide bonds. The van der Waals surface area contributed by atoms with Gasteiger partial charge in [-0.3, -0.25) is 14.6 Å². The van der Waals surface area contributed by atoms with Gasteiger partial charge in [0, 0.05) is 47.5 Å². The first kappa shape index (κ1) is 28.6. The maximum absolute atomic E-state index is 13.3. The molecule has 0 radical (unpaired) electrons. The largest absolute Gasteiger partial charge is 0.378 e. The number of hydrogen-bond donors (Lipinski definition) is 4. The third kappa shape index (κ3) is 8.06. The van der Waals surface area contributed by atoms with Gasteiger partial charge in [-0.1, -0.05) is 41.9 Å². The topological polar surface area (TPSA) is 138 Å². The molecule has 11 heteroatoms. The van der Waals surface area contributed by atoms with Crippen LogP contribution in [0.1, 0.15) is 11.1 Å². The average Bonchev–Trinajstić information content (AvgIpc) is 2.97. The number of nitrogens with one attached hydrogen (secondary N) is 2. The van der Waals surface area contributed by atoms with Crippen LogP contribution in [0, 0.1) is 0 Å². The van der Waals surface area contributed by atoms with Gasteiger partial charge in [0.05, 0.1) is 18.9 Å². The predicted molar refractivity (Wildman–Crippen MR) is 160 cm³/mol. The first-order valence-electron chi connectivity index (χ1n) is 12.8. The molecule has 10 nitrogen and oxygen atoms in total. The van der Waals surface area contributed by atoms with Crippen molar-refractivity contribution in [3.05, 3.63) is 95.0 Å². The van der Waals surface area contributed by atoms with E-state index in [1.165, 1.54) is 17.4 Å². The van der Waals surface area contributed by atoms with Crippen molar-refractivity contribution in [2.24, 2.45) is 16.8 Å². The molecule has 1 atom stereocenters. The van der Waals surface area contributed by atoms with Crippen molar-refractivity contribution in [1.29, 1.82) is 0 Å². The Hall–Kier alpha value is -4.38. The van der Waals surface area contributed by atoms with E-state index in [2.05, 4.69) is 20.6 Å². The molecule has 3 aromatic rings. The monoisotopic (exact) mass is 561 g/mol. The summed E-state index contributed by atoms with van der Waals surface area (Å²) in [5, 5.41) is 10.8. The van der Waals surface area contributed by atoms with Crippen LogP contribution in [0.2, 0.25) is 5.02 Å². The Kier molecular flexibility index (Phi) is 10.1. The molecule has 0 saturated carbocycles. The van der Waals surface area contributed by atoms with Crippen molar-refractivity contribution < 1.29 is 14.3 Å². The fraction of sp³-hybridized carbons (Fsp3) is 0.207. The lowest BCUT2D eigenvalue weighted by Crippen LogP contribution is -2.44. The molecule has 1 saturated heterocycles. The van der Waals surface area contributed by atoms with E-state index in [1.807, 2.05) is 54.6 Å². The van der Waals surface area contributed by atoms with Crippen molar-refractivity contribution in [2.75, 3.05) is 41.5 Å². The molecule has 0 aromatic heterocycles. The summed E-state index contributed by atoms with van der Waals surface area (Å²) in [7, 11) is 0. The Bertz CT molecular complexity index is 1340. The van der Waals surface area contributed by atoms with Gasteiger partial charge < -0.3 is 26.1 Å². The van der Waals surface area contributed by atoms with Crippen LogP contribution in [0.25, 0.3) is 6.08 Å². The summed E-state index contributed by atoms with van der Waals surface area (Å²) < 4.78 is 5.42. The van der Waals surface area contributed by atoms with Crippen molar-refractivity contribution in [1.82, 2.24) is 5.32 Å². The third-order valence-electron chi connectivity index (χ3n) is 6.30. The Balaban J connectivity index is 1.47. The van der Waals surface area contributed by atoms with Crippen molar-refractivity contribution in [2.45, 2.75) is 12.5 Å². The molecule has 0 aliphatic carbocycles. The number of hydrazine groups is 1. The molecule has 1 heterocycles. The number of benzene rings is 3. The quantitative estimate of drug-likeness (QED) is 0.0980. The zero-order valence-electron chi connectivity index (χ0n) is 21.9. The summed E-state index contributed by atoms with van der Waals surface area (Å²) in [6.07, 6.45) is 4.42. The van der Waals surface area contributed by atoms with E-state index in [4.69, 9.17) is 28.0 Å². The minimum atomic E-state index is -0.826. The van der Waals surface area contributed by atoms with Crippen molar-refractivity contribution in [3.8, 4) is 0 Å². The molecule has 0 bridgehead atoms. The van der Waals surface area contributed by atoms with Crippen LogP contribution in [-0.2, 0) is 20.7 Å². The Morgan fingerprint density at radius 3 is 2.50 bits per heavy atom. The summed E-state index contributed by atoms with van der Waals surface area (Å²) in [6.45, 7) is 3.04. The van der Waals surface area contributed by atoms with Gasteiger partial charge in [-0.05, 0) is 54.1 Å². The number of halogens is 1. The zero-order chi connectivity index (χ0) is 28.3. The number of morpholine rings is 1. The van der Waals surface area contributed by atoms with Crippen LogP contribution in [0.15, 0.2) is 84.0 Å². The minimum Gasteiger partial charge on any atom is -0.378 e. The van der Waals surface area contributed by atoms with Gasteiger partial charge in [0.1, 0.15) is 12.4 Å². The normalized spacial score (nSPS) is 14.3. The van der Waals surface area contributed by atoms with E-state index in [9.17, 15) is 9.59 Å². The minimum absolute atomic E-state index is 0.310. The fourth-order valence-corrected chi connectivity index (χ4v) is 4.46. The SMILES string of the molecule is N/N=C\N(N)c1ccc(Cl)cc1/C=C/C(=O)N[C@@H](Cc1ccccc1)C(=O)Nc1ccc(N2CCOCC2)cc1. The maximum atomic E-state index is 13.3. The number of rotatable bonds is 10. The Morgan fingerprint density at radius 1 is 1.07 bits per heavy atom. The Labute approximate surface area is 238 Å². The molecule has 4 rings (SSSR count). The molecule has 208 valence electrons. The summed E-state index contributed by atoms with van der Waals surface area (Å²) in [4.78, 5) is 28.5. The fourth-order valence-electron chi connectivity index (χ4n) is 4.28. The van der Waals surface area contributed by atoms with E-state index in [1.54, 1.807) is 24.3 Å². The number of carbonyl (C=O) groups excluding carboxylic acids is 2. The molecule has 3 aromatic carbocycles. The molecular formula is C29H32ClN7O3. The highest BCUT2D eigenvalue weighted by Crippen LogP contribution is 2.24. The first-order valence-corrected chi connectivity index (χ1v) is 13.1. The number of amides is 2. The molecule has 6 N–H and O–H groups in total.